The largest absolute Gasteiger partial charge is 0.376 e. The van der Waals surface area contributed by atoms with Crippen LogP contribution in [0, 0.1) is 0 Å². The molecule has 6 heteroatoms. The molecule has 1 fully saturated rings. The molecule has 1 heterocycles. The van der Waals surface area contributed by atoms with Gasteiger partial charge in [-0.2, -0.15) is 0 Å². The maximum atomic E-state index is 11.4. The first kappa shape index (κ1) is 12.9. The predicted octanol–water partition coefficient (Wildman–Crippen LogP) is -0.447. The van der Waals surface area contributed by atoms with Gasteiger partial charge in [-0.3, -0.25) is 15.0 Å². The van der Waals surface area contributed by atoms with Crippen LogP contribution in [0.3, 0.4) is 0 Å². The van der Waals surface area contributed by atoms with Crippen molar-refractivity contribution in [3.63, 3.8) is 0 Å². The molecule has 0 spiro atoms. The Morgan fingerprint density at radius 2 is 2.25 bits per heavy atom. The smallest absolute Gasteiger partial charge is 0.321 e. The maximum Gasteiger partial charge on any atom is 0.321 e. The minimum atomic E-state index is -0.436. The second-order valence-corrected chi connectivity index (χ2v) is 3.82. The van der Waals surface area contributed by atoms with Gasteiger partial charge in [0.05, 0.1) is 19.3 Å². The van der Waals surface area contributed by atoms with E-state index < -0.39 is 6.03 Å². The highest BCUT2D eigenvalue weighted by Gasteiger charge is 2.19. The first-order valence-electron chi connectivity index (χ1n) is 5.53. The molecule has 0 aromatic rings. The molecule has 0 saturated carbocycles. The van der Waals surface area contributed by atoms with Gasteiger partial charge < -0.3 is 10.1 Å². The molecule has 1 atom stereocenters. The fourth-order valence-corrected chi connectivity index (χ4v) is 1.61. The summed E-state index contributed by atoms with van der Waals surface area (Å²) in [5, 5.41) is 4.78. The first-order chi connectivity index (χ1) is 7.61. The van der Waals surface area contributed by atoms with Gasteiger partial charge in [-0.15, -0.1) is 0 Å². The van der Waals surface area contributed by atoms with Crippen molar-refractivity contribution >= 4 is 11.9 Å². The van der Waals surface area contributed by atoms with Gasteiger partial charge in [-0.05, 0) is 13.8 Å². The van der Waals surface area contributed by atoms with Crippen LogP contribution in [0.5, 0.6) is 0 Å². The Balaban J connectivity index is 2.25. The van der Waals surface area contributed by atoms with E-state index in [-0.39, 0.29) is 18.6 Å². The zero-order chi connectivity index (χ0) is 12.0. The lowest BCUT2D eigenvalue weighted by Gasteiger charge is -2.30. The zero-order valence-electron chi connectivity index (χ0n) is 9.78. The molecule has 2 N–H and O–H groups in total. The van der Waals surface area contributed by atoms with Gasteiger partial charge in [0.1, 0.15) is 0 Å². The Morgan fingerprint density at radius 1 is 1.50 bits per heavy atom. The van der Waals surface area contributed by atoms with Crippen LogP contribution in [0.1, 0.15) is 13.8 Å². The van der Waals surface area contributed by atoms with Crippen molar-refractivity contribution in [2.75, 3.05) is 32.8 Å². The normalized spacial score (nSPS) is 21.5. The Hall–Kier alpha value is -1.14. The van der Waals surface area contributed by atoms with E-state index in [9.17, 15) is 9.59 Å². The van der Waals surface area contributed by atoms with Crippen LogP contribution in [0.4, 0.5) is 4.79 Å². The van der Waals surface area contributed by atoms with Crippen LogP contribution in [0.2, 0.25) is 0 Å². The SMILES string of the molecule is CCNC(=O)NC(=O)CN1CCOC(C)C1. The molecule has 0 radical (unpaired) electrons. The van der Waals surface area contributed by atoms with Crippen molar-refractivity contribution in [1.29, 1.82) is 0 Å². The number of carbonyl (C=O) groups excluding carboxylic acids is 2. The Morgan fingerprint density at radius 3 is 2.88 bits per heavy atom. The number of amides is 3. The summed E-state index contributed by atoms with van der Waals surface area (Å²) < 4.78 is 5.36. The second kappa shape index (κ2) is 6.44. The van der Waals surface area contributed by atoms with Gasteiger partial charge in [-0.25, -0.2) is 4.79 Å². The molecule has 6 nitrogen and oxygen atoms in total. The van der Waals surface area contributed by atoms with Crippen molar-refractivity contribution in [2.24, 2.45) is 0 Å². The maximum absolute atomic E-state index is 11.4. The van der Waals surface area contributed by atoms with Crippen LogP contribution >= 0.6 is 0 Å². The van der Waals surface area contributed by atoms with Gasteiger partial charge in [-0.1, -0.05) is 0 Å². The Kier molecular flexibility index (Phi) is 5.21. The number of morpholine rings is 1. The van der Waals surface area contributed by atoms with Crippen molar-refractivity contribution < 1.29 is 14.3 Å². The summed E-state index contributed by atoms with van der Waals surface area (Å²) in [6.07, 6.45) is 0.144. The molecule has 16 heavy (non-hydrogen) atoms. The van der Waals surface area contributed by atoms with E-state index in [1.807, 2.05) is 11.8 Å². The van der Waals surface area contributed by atoms with E-state index in [4.69, 9.17) is 4.74 Å². The number of nitrogens with zero attached hydrogens (tertiary/aromatic N) is 1. The van der Waals surface area contributed by atoms with Gasteiger partial charge in [0.25, 0.3) is 0 Å². The lowest BCUT2D eigenvalue weighted by Crippen LogP contribution is -2.48. The quantitative estimate of drug-likeness (QED) is 0.688. The van der Waals surface area contributed by atoms with Gasteiger partial charge in [0.2, 0.25) is 5.91 Å². The average molecular weight is 229 g/mol. The number of urea groups is 1. The number of nitrogens with one attached hydrogen (secondary N) is 2. The summed E-state index contributed by atoms with van der Waals surface area (Å²) in [5.74, 6) is -0.278. The summed E-state index contributed by atoms with van der Waals surface area (Å²) in [4.78, 5) is 24.5. The highest BCUT2D eigenvalue weighted by molar-refractivity contribution is 5.95. The molecular formula is C10H19N3O3. The monoisotopic (exact) mass is 229 g/mol. The molecule has 0 bridgehead atoms. The first-order valence-corrected chi connectivity index (χ1v) is 5.53. The molecule has 0 aliphatic carbocycles. The van der Waals surface area contributed by atoms with E-state index in [0.717, 1.165) is 13.1 Å². The van der Waals surface area contributed by atoms with Crippen LogP contribution in [0.25, 0.3) is 0 Å². The van der Waals surface area contributed by atoms with Crippen LogP contribution in [-0.2, 0) is 9.53 Å². The van der Waals surface area contributed by atoms with E-state index in [0.29, 0.717) is 13.2 Å². The van der Waals surface area contributed by atoms with Gasteiger partial charge >= 0.3 is 6.03 Å². The molecule has 1 aliphatic rings. The van der Waals surface area contributed by atoms with Crippen molar-refractivity contribution in [1.82, 2.24) is 15.5 Å². The third kappa shape index (κ3) is 4.59. The standard InChI is InChI=1S/C10H19N3O3/c1-3-11-10(15)12-9(14)7-13-4-5-16-8(2)6-13/h8H,3-7H2,1-2H3,(H2,11,12,14,15). The third-order valence-electron chi connectivity index (χ3n) is 2.28. The summed E-state index contributed by atoms with van der Waals surface area (Å²) in [6, 6.07) is -0.436. The van der Waals surface area contributed by atoms with Gasteiger partial charge in [0, 0.05) is 19.6 Å². The molecule has 0 aromatic heterocycles. The van der Waals surface area contributed by atoms with Crippen LogP contribution in [0.15, 0.2) is 0 Å². The van der Waals surface area contributed by atoms with Crippen molar-refractivity contribution in [3.8, 4) is 0 Å². The number of hydrogen-bond donors (Lipinski definition) is 2. The van der Waals surface area contributed by atoms with Crippen LogP contribution < -0.4 is 10.6 Å². The molecular weight excluding hydrogens is 210 g/mol. The van der Waals surface area contributed by atoms with E-state index >= 15 is 0 Å². The second-order valence-electron chi connectivity index (χ2n) is 3.82. The summed E-state index contributed by atoms with van der Waals surface area (Å²) in [7, 11) is 0. The fourth-order valence-electron chi connectivity index (χ4n) is 1.61. The van der Waals surface area contributed by atoms with Gasteiger partial charge in [0.15, 0.2) is 0 Å². The van der Waals surface area contributed by atoms with E-state index in [2.05, 4.69) is 10.6 Å². The summed E-state index contributed by atoms with van der Waals surface area (Å²) in [5.41, 5.74) is 0. The van der Waals surface area contributed by atoms with Crippen molar-refractivity contribution in [2.45, 2.75) is 20.0 Å². The summed E-state index contributed by atoms with van der Waals surface area (Å²) >= 11 is 0. The average Bonchev–Trinajstić information content (AvgIpc) is 2.17. The predicted molar refractivity (Wildman–Crippen MR) is 59.1 cm³/mol. The number of imide groups is 1. The molecule has 0 aromatic carbocycles. The van der Waals surface area contributed by atoms with Crippen molar-refractivity contribution in [3.05, 3.63) is 0 Å². The lowest BCUT2D eigenvalue weighted by molar-refractivity contribution is -0.122. The highest BCUT2D eigenvalue weighted by atomic mass is 16.5. The minimum absolute atomic E-state index is 0.144. The number of rotatable bonds is 3. The number of carbonyl (C=O) groups is 2. The Labute approximate surface area is 95.3 Å². The zero-order valence-corrected chi connectivity index (χ0v) is 9.78. The topological polar surface area (TPSA) is 70.7 Å². The minimum Gasteiger partial charge on any atom is -0.376 e. The molecule has 92 valence electrons. The number of hydrogen-bond acceptors (Lipinski definition) is 4. The molecule has 1 unspecified atom stereocenters. The van der Waals surface area contributed by atoms with Crippen LogP contribution in [-0.4, -0.2) is 55.7 Å². The van der Waals surface area contributed by atoms with E-state index in [1.54, 1.807) is 6.92 Å². The molecule has 3 amide bonds. The summed E-state index contributed by atoms with van der Waals surface area (Å²) in [6.45, 7) is 6.60. The number of ether oxygens (including phenoxy) is 1. The third-order valence-corrected chi connectivity index (χ3v) is 2.28. The molecule has 1 rings (SSSR count). The fraction of sp³-hybridized carbons (Fsp3) is 0.800. The highest BCUT2D eigenvalue weighted by Crippen LogP contribution is 2.03. The Bertz CT molecular complexity index is 258. The molecule has 1 aliphatic heterocycles. The lowest BCUT2D eigenvalue weighted by atomic mass is 10.3. The molecule has 1 saturated heterocycles. The van der Waals surface area contributed by atoms with E-state index in [1.165, 1.54) is 0 Å².